The van der Waals surface area contributed by atoms with E-state index in [0.717, 1.165) is 5.56 Å². The Balaban J connectivity index is 2.51. The summed E-state index contributed by atoms with van der Waals surface area (Å²) in [6.07, 6.45) is 4.06. The van der Waals surface area contributed by atoms with E-state index in [2.05, 4.69) is 4.98 Å². The zero-order valence-electron chi connectivity index (χ0n) is 12.7. The number of Topliss-reactive ketones (excluding diaryl/α,β-unsaturated/α-hetero) is 1. The van der Waals surface area contributed by atoms with Crippen molar-refractivity contribution in [3.05, 3.63) is 52.9 Å². The monoisotopic (exact) mass is 285 g/mol. The van der Waals surface area contributed by atoms with Crippen LogP contribution in [0.1, 0.15) is 39.4 Å². The molecule has 110 valence electrons. The fourth-order valence-corrected chi connectivity index (χ4v) is 2.39. The fraction of sp³-hybridized carbons (Fsp3) is 0.353. The van der Waals surface area contributed by atoms with Gasteiger partial charge in [0.1, 0.15) is 6.10 Å². The second-order valence-corrected chi connectivity index (χ2v) is 5.41. The van der Waals surface area contributed by atoms with Gasteiger partial charge in [-0.05, 0) is 39.8 Å². The third kappa shape index (κ3) is 3.16. The van der Waals surface area contributed by atoms with E-state index in [1.54, 1.807) is 32.3 Å². The highest BCUT2D eigenvalue weighted by molar-refractivity contribution is 6.22. The first-order valence-corrected chi connectivity index (χ1v) is 6.95. The molecule has 1 aromatic rings. The highest BCUT2D eigenvalue weighted by atomic mass is 16.5. The molecular weight excluding hydrogens is 266 g/mol. The van der Waals surface area contributed by atoms with Crippen LogP contribution >= 0.6 is 0 Å². The Kier molecular flexibility index (Phi) is 4.48. The van der Waals surface area contributed by atoms with Crippen molar-refractivity contribution in [1.82, 2.24) is 4.98 Å². The molecule has 0 aliphatic heterocycles. The molecule has 1 aliphatic carbocycles. The summed E-state index contributed by atoms with van der Waals surface area (Å²) in [5.74, 6) is -0.273. The molecule has 1 atom stereocenters. The first-order valence-electron chi connectivity index (χ1n) is 6.95. The van der Waals surface area contributed by atoms with Crippen molar-refractivity contribution in [3.63, 3.8) is 0 Å². The summed E-state index contributed by atoms with van der Waals surface area (Å²) < 4.78 is 5.90. The van der Waals surface area contributed by atoms with E-state index < -0.39 is 6.10 Å². The minimum absolute atomic E-state index is 0.0783. The zero-order chi connectivity index (χ0) is 15.6. The second-order valence-electron chi connectivity index (χ2n) is 5.41. The van der Waals surface area contributed by atoms with Gasteiger partial charge in [0.05, 0.1) is 6.10 Å². The molecule has 0 N–H and O–H groups in total. The van der Waals surface area contributed by atoms with Crippen molar-refractivity contribution < 1.29 is 14.3 Å². The minimum atomic E-state index is -0.570. The number of aromatic nitrogens is 1. The lowest BCUT2D eigenvalue weighted by atomic mass is 9.86. The molecule has 4 heteroatoms. The first kappa shape index (κ1) is 15.3. The summed E-state index contributed by atoms with van der Waals surface area (Å²) in [4.78, 5) is 28.6. The first-order chi connectivity index (χ1) is 9.91. The summed E-state index contributed by atoms with van der Waals surface area (Å²) in [6, 6.07) is 3.64. The summed E-state index contributed by atoms with van der Waals surface area (Å²) >= 11 is 0. The van der Waals surface area contributed by atoms with E-state index >= 15 is 0 Å². The molecule has 0 amide bonds. The minimum Gasteiger partial charge on any atom is -0.366 e. The van der Waals surface area contributed by atoms with Crippen LogP contribution in [0.5, 0.6) is 0 Å². The van der Waals surface area contributed by atoms with Crippen molar-refractivity contribution in [2.75, 3.05) is 0 Å². The van der Waals surface area contributed by atoms with Gasteiger partial charge in [0.25, 0.3) is 0 Å². The predicted octanol–water partition coefficient (Wildman–Crippen LogP) is 2.96. The fourth-order valence-electron chi connectivity index (χ4n) is 2.39. The van der Waals surface area contributed by atoms with E-state index in [4.69, 9.17) is 4.74 Å². The average Bonchev–Trinajstić information content (AvgIpc) is 2.44. The van der Waals surface area contributed by atoms with Crippen LogP contribution in [0, 0.1) is 0 Å². The smallest absolute Gasteiger partial charge is 0.185 e. The predicted molar refractivity (Wildman–Crippen MR) is 79.7 cm³/mol. The van der Waals surface area contributed by atoms with Crippen LogP contribution < -0.4 is 0 Å². The van der Waals surface area contributed by atoms with Crippen molar-refractivity contribution in [1.29, 1.82) is 0 Å². The number of ether oxygens (including phenoxy) is 1. The number of carbonyl (C=O) groups excluding carboxylic acids is 2. The molecule has 1 heterocycles. The lowest BCUT2D eigenvalue weighted by Crippen LogP contribution is -2.24. The lowest BCUT2D eigenvalue weighted by molar-refractivity contribution is -0.117. The van der Waals surface area contributed by atoms with E-state index in [-0.39, 0.29) is 17.7 Å². The van der Waals surface area contributed by atoms with Gasteiger partial charge in [0.2, 0.25) is 0 Å². The number of hydrogen-bond acceptors (Lipinski definition) is 4. The van der Waals surface area contributed by atoms with Gasteiger partial charge in [-0.15, -0.1) is 0 Å². The van der Waals surface area contributed by atoms with Crippen LogP contribution in [0.4, 0.5) is 0 Å². The highest BCUT2D eigenvalue weighted by Gasteiger charge is 2.31. The topological polar surface area (TPSA) is 56.3 Å². The Morgan fingerprint density at radius 3 is 2.48 bits per heavy atom. The number of hydrogen-bond donors (Lipinski definition) is 0. The Morgan fingerprint density at radius 1 is 1.19 bits per heavy atom. The van der Waals surface area contributed by atoms with E-state index in [0.29, 0.717) is 16.7 Å². The van der Waals surface area contributed by atoms with E-state index in [1.165, 1.54) is 6.08 Å². The Morgan fingerprint density at radius 2 is 1.90 bits per heavy atom. The van der Waals surface area contributed by atoms with Gasteiger partial charge in [0, 0.05) is 34.7 Å². The Hall–Kier alpha value is -2.07. The molecule has 1 unspecified atom stereocenters. The molecule has 0 saturated heterocycles. The molecule has 4 nitrogen and oxygen atoms in total. The number of allylic oxidation sites excluding steroid dienone is 3. The normalized spacial score (nSPS) is 17.3. The molecule has 0 bridgehead atoms. The van der Waals surface area contributed by atoms with Gasteiger partial charge in [0.15, 0.2) is 11.6 Å². The van der Waals surface area contributed by atoms with Gasteiger partial charge in [-0.3, -0.25) is 14.6 Å². The van der Waals surface area contributed by atoms with Crippen molar-refractivity contribution in [3.8, 4) is 0 Å². The molecule has 1 aromatic heterocycles. The van der Waals surface area contributed by atoms with Gasteiger partial charge < -0.3 is 4.74 Å². The van der Waals surface area contributed by atoms with E-state index in [1.807, 2.05) is 19.9 Å². The largest absolute Gasteiger partial charge is 0.366 e. The maximum Gasteiger partial charge on any atom is 0.185 e. The molecule has 0 radical (unpaired) electrons. The third-order valence-electron chi connectivity index (χ3n) is 3.37. The zero-order valence-corrected chi connectivity index (χ0v) is 12.7. The number of pyridine rings is 1. The maximum absolute atomic E-state index is 12.4. The van der Waals surface area contributed by atoms with Crippen LogP contribution in [0.25, 0.3) is 0 Å². The van der Waals surface area contributed by atoms with Crippen LogP contribution in [0.3, 0.4) is 0 Å². The summed E-state index contributed by atoms with van der Waals surface area (Å²) in [5, 5.41) is 0. The molecule has 2 rings (SSSR count). The van der Waals surface area contributed by atoms with Crippen molar-refractivity contribution in [2.24, 2.45) is 0 Å². The lowest BCUT2D eigenvalue weighted by Gasteiger charge is -2.25. The van der Waals surface area contributed by atoms with E-state index in [9.17, 15) is 9.59 Å². The van der Waals surface area contributed by atoms with Crippen LogP contribution in [0.15, 0.2) is 47.3 Å². The molecule has 1 aliphatic rings. The third-order valence-corrected chi connectivity index (χ3v) is 3.37. The molecule has 0 saturated carbocycles. The maximum atomic E-state index is 12.4. The average molecular weight is 285 g/mol. The number of rotatable bonds is 4. The van der Waals surface area contributed by atoms with Gasteiger partial charge >= 0.3 is 0 Å². The highest BCUT2D eigenvalue weighted by Crippen LogP contribution is 2.33. The summed E-state index contributed by atoms with van der Waals surface area (Å²) in [6.45, 7) is 7.13. The van der Waals surface area contributed by atoms with Crippen LogP contribution in [0.2, 0.25) is 0 Å². The Bertz CT molecular complexity index is 627. The second kappa shape index (κ2) is 6.14. The van der Waals surface area contributed by atoms with Crippen molar-refractivity contribution >= 4 is 11.6 Å². The van der Waals surface area contributed by atoms with Gasteiger partial charge in [-0.1, -0.05) is 6.07 Å². The molecule has 21 heavy (non-hydrogen) atoms. The summed E-state index contributed by atoms with van der Waals surface area (Å²) in [7, 11) is 0. The SMILES string of the molecule is CC1=CC(=O)C(C(OC(C)C)c2cccnc2)=C(C)C1=O. The Labute approximate surface area is 124 Å². The number of carbonyl (C=O) groups is 2. The molecule has 0 fully saturated rings. The van der Waals surface area contributed by atoms with Crippen LogP contribution in [-0.2, 0) is 14.3 Å². The van der Waals surface area contributed by atoms with Crippen molar-refractivity contribution in [2.45, 2.75) is 39.9 Å². The quantitative estimate of drug-likeness (QED) is 0.798. The van der Waals surface area contributed by atoms with Crippen LogP contribution in [-0.4, -0.2) is 22.7 Å². The van der Waals surface area contributed by atoms with Gasteiger partial charge in [-0.2, -0.15) is 0 Å². The standard InChI is InChI=1S/C17H19NO3/c1-10(2)21-17(13-6-5-7-18-9-13)15-12(4)16(20)11(3)8-14(15)19/h5-10,17H,1-4H3. The molecular formula is C17H19NO3. The molecule has 0 spiro atoms. The summed E-state index contributed by atoms with van der Waals surface area (Å²) in [5.41, 5.74) is 2.10. The number of nitrogens with zero attached hydrogens (tertiary/aromatic N) is 1. The van der Waals surface area contributed by atoms with Gasteiger partial charge in [-0.25, -0.2) is 0 Å². The molecule has 0 aromatic carbocycles. The number of ketones is 2.